The highest BCUT2D eigenvalue weighted by Crippen LogP contribution is 2.27. The van der Waals surface area contributed by atoms with Crippen LogP contribution in [0.15, 0.2) is 18.2 Å². The fourth-order valence-electron chi connectivity index (χ4n) is 0.877. The molecule has 1 aromatic rings. The molecule has 0 saturated heterocycles. The zero-order valence-corrected chi connectivity index (χ0v) is 7.83. The highest BCUT2D eigenvalue weighted by Gasteiger charge is 2.16. The first-order valence-corrected chi connectivity index (χ1v) is 4.04. The topological polar surface area (TPSA) is 0 Å². The summed E-state index contributed by atoms with van der Waals surface area (Å²) < 4.78 is 24.8. The average molecular weight is 188 g/mol. The first kappa shape index (κ1) is 9.52. The molecule has 0 spiro atoms. The predicted octanol–water partition coefficient (Wildman–Crippen LogP) is 3.13. The van der Waals surface area contributed by atoms with Crippen LogP contribution < -0.4 is 0 Å². The molecule has 0 unspecified atom stereocenters. The van der Waals surface area contributed by atoms with E-state index in [4.69, 9.17) is 0 Å². The van der Waals surface area contributed by atoms with Gasteiger partial charge in [-0.1, -0.05) is 6.07 Å². The second kappa shape index (κ2) is 3.05. The second-order valence-corrected chi connectivity index (χ2v) is 4.31. The van der Waals surface area contributed by atoms with Crippen LogP contribution in [0.5, 0.6) is 0 Å². The molecule has 1 aromatic carbocycles. The van der Waals surface area contributed by atoms with Crippen molar-refractivity contribution < 1.29 is 8.78 Å². The van der Waals surface area contributed by atoms with Gasteiger partial charge in [0.15, 0.2) is 11.6 Å². The molecule has 3 heteroatoms. The van der Waals surface area contributed by atoms with E-state index >= 15 is 0 Å². The van der Waals surface area contributed by atoms with E-state index in [1.807, 2.05) is 13.8 Å². The van der Waals surface area contributed by atoms with E-state index in [2.05, 4.69) is 12.6 Å². The van der Waals surface area contributed by atoms with Crippen molar-refractivity contribution in [2.45, 2.75) is 18.6 Å². The normalized spacial score (nSPS) is 11.8. The summed E-state index contributed by atoms with van der Waals surface area (Å²) in [4.78, 5) is 0. The summed E-state index contributed by atoms with van der Waals surface area (Å²) in [7, 11) is 0. The summed E-state index contributed by atoms with van der Waals surface area (Å²) in [5.74, 6) is -1.65. The Kier molecular flexibility index (Phi) is 2.42. The standard InChI is InChI=1S/C9H10F2S/c1-9(2,12)6-3-4-7(10)8(11)5-6/h3-5,12H,1-2H3. The van der Waals surface area contributed by atoms with Crippen LogP contribution in [0.4, 0.5) is 8.78 Å². The van der Waals surface area contributed by atoms with Crippen LogP contribution in [-0.4, -0.2) is 0 Å². The number of thiol groups is 1. The molecule has 0 atom stereocenters. The Labute approximate surface area is 76.0 Å². The van der Waals surface area contributed by atoms with Crippen LogP contribution in [0.1, 0.15) is 19.4 Å². The second-order valence-electron chi connectivity index (χ2n) is 3.19. The third-order valence-corrected chi connectivity index (χ3v) is 1.88. The van der Waals surface area contributed by atoms with Crippen molar-refractivity contribution in [1.82, 2.24) is 0 Å². The van der Waals surface area contributed by atoms with Crippen molar-refractivity contribution >= 4 is 12.6 Å². The summed E-state index contributed by atoms with van der Waals surface area (Å²) in [5.41, 5.74) is 0.671. The van der Waals surface area contributed by atoms with E-state index in [1.54, 1.807) is 0 Å². The molecule has 0 bridgehead atoms. The SMILES string of the molecule is CC(C)(S)c1ccc(F)c(F)c1. The highest BCUT2D eigenvalue weighted by atomic mass is 32.1. The van der Waals surface area contributed by atoms with Gasteiger partial charge in [-0.05, 0) is 31.5 Å². The average Bonchev–Trinajstić information content (AvgIpc) is 1.92. The first-order valence-electron chi connectivity index (χ1n) is 3.59. The maximum Gasteiger partial charge on any atom is 0.159 e. The minimum absolute atomic E-state index is 0.436. The quantitative estimate of drug-likeness (QED) is 0.643. The molecule has 0 aliphatic heterocycles. The fraction of sp³-hybridized carbons (Fsp3) is 0.333. The molecule has 0 aromatic heterocycles. The van der Waals surface area contributed by atoms with Crippen LogP contribution in [-0.2, 0) is 4.75 Å². The molecule has 0 aliphatic carbocycles. The molecule has 0 aliphatic rings. The lowest BCUT2D eigenvalue weighted by Crippen LogP contribution is -2.08. The summed E-state index contributed by atoms with van der Waals surface area (Å²) in [5, 5.41) is 0. The largest absolute Gasteiger partial charge is 0.204 e. The third kappa shape index (κ3) is 1.97. The van der Waals surface area contributed by atoms with Crippen molar-refractivity contribution in [3.63, 3.8) is 0 Å². The van der Waals surface area contributed by atoms with E-state index in [1.165, 1.54) is 12.1 Å². The van der Waals surface area contributed by atoms with Gasteiger partial charge in [0.05, 0.1) is 0 Å². The van der Waals surface area contributed by atoms with Crippen LogP contribution in [0.2, 0.25) is 0 Å². The van der Waals surface area contributed by atoms with Crippen LogP contribution in [0, 0.1) is 11.6 Å². The number of hydrogen-bond donors (Lipinski definition) is 1. The van der Waals surface area contributed by atoms with Gasteiger partial charge in [-0.15, -0.1) is 0 Å². The van der Waals surface area contributed by atoms with Gasteiger partial charge in [-0.25, -0.2) is 8.78 Å². The molecular formula is C9H10F2S. The van der Waals surface area contributed by atoms with E-state index in [0.29, 0.717) is 5.56 Å². The van der Waals surface area contributed by atoms with Crippen molar-refractivity contribution in [2.24, 2.45) is 0 Å². The molecule has 0 radical (unpaired) electrons. The fourth-order valence-corrected chi connectivity index (χ4v) is 1.02. The molecule has 1 rings (SSSR count). The van der Waals surface area contributed by atoms with Crippen LogP contribution >= 0.6 is 12.6 Å². The van der Waals surface area contributed by atoms with Crippen molar-refractivity contribution in [3.8, 4) is 0 Å². The molecule has 0 heterocycles. The Morgan fingerprint density at radius 2 is 1.75 bits per heavy atom. The zero-order chi connectivity index (χ0) is 9.35. The van der Waals surface area contributed by atoms with Crippen molar-refractivity contribution in [1.29, 1.82) is 0 Å². The van der Waals surface area contributed by atoms with Gasteiger partial charge >= 0.3 is 0 Å². The monoisotopic (exact) mass is 188 g/mol. The molecule has 0 fully saturated rings. The lowest BCUT2D eigenvalue weighted by molar-refractivity contribution is 0.505. The first-order chi connectivity index (χ1) is 5.41. The van der Waals surface area contributed by atoms with Gasteiger partial charge in [0.25, 0.3) is 0 Å². The van der Waals surface area contributed by atoms with E-state index in [9.17, 15) is 8.78 Å². The summed E-state index contributed by atoms with van der Waals surface area (Å²) >= 11 is 4.24. The van der Waals surface area contributed by atoms with Gasteiger partial charge in [0.1, 0.15) is 0 Å². The van der Waals surface area contributed by atoms with E-state index < -0.39 is 16.4 Å². The number of rotatable bonds is 1. The molecule has 0 N–H and O–H groups in total. The molecule has 0 saturated carbocycles. The lowest BCUT2D eigenvalue weighted by atomic mass is 10.0. The Hall–Kier alpha value is -0.570. The van der Waals surface area contributed by atoms with Gasteiger partial charge in [-0.2, -0.15) is 12.6 Å². The molecule has 12 heavy (non-hydrogen) atoms. The van der Waals surface area contributed by atoms with Gasteiger partial charge in [0, 0.05) is 4.75 Å². The van der Waals surface area contributed by atoms with E-state index in [0.717, 1.165) is 6.07 Å². The lowest BCUT2D eigenvalue weighted by Gasteiger charge is -2.17. The molecule has 0 amide bonds. The maximum absolute atomic E-state index is 12.7. The van der Waals surface area contributed by atoms with Crippen molar-refractivity contribution in [3.05, 3.63) is 35.4 Å². The van der Waals surface area contributed by atoms with Crippen LogP contribution in [0.25, 0.3) is 0 Å². The third-order valence-electron chi connectivity index (χ3n) is 1.63. The predicted molar refractivity (Wildman–Crippen MR) is 48.4 cm³/mol. The number of hydrogen-bond acceptors (Lipinski definition) is 1. The molecular weight excluding hydrogens is 178 g/mol. The van der Waals surface area contributed by atoms with Gasteiger partial charge in [0.2, 0.25) is 0 Å². The number of benzene rings is 1. The summed E-state index contributed by atoms with van der Waals surface area (Å²) in [6.07, 6.45) is 0. The number of halogens is 2. The van der Waals surface area contributed by atoms with Crippen LogP contribution in [0.3, 0.4) is 0 Å². The summed E-state index contributed by atoms with van der Waals surface area (Å²) in [6.45, 7) is 3.64. The minimum atomic E-state index is -0.824. The summed E-state index contributed by atoms with van der Waals surface area (Å²) in [6, 6.07) is 3.82. The molecule has 0 nitrogen and oxygen atoms in total. The Balaban J connectivity index is 3.14. The zero-order valence-electron chi connectivity index (χ0n) is 6.94. The Morgan fingerprint density at radius 1 is 1.17 bits per heavy atom. The minimum Gasteiger partial charge on any atom is -0.204 e. The maximum atomic E-state index is 12.7. The van der Waals surface area contributed by atoms with Crippen molar-refractivity contribution in [2.75, 3.05) is 0 Å². The van der Waals surface area contributed by atoms with Gasteiger partial charge < -0.3 is 0 Å². The Morgan fingerprint density at radius 3 is 2.17 bits per heavy atom. The van der Waals surface area contributed by atoms with Gasteiger partial charge in [-0.3, -0.25) is 0 Å². The van der Waals surface area contributed by atoms with E-state index in [-0.39, 0.29) is 0 Å². The smallest absolute Gasteiger partial charge is 0.159 e. The Bertz CT molecular complexity index is 289. The highest BCUT2D eigenvalue weighted by molar-refractivity contribution is 7.81. The molecule has 66 valence electrons.